The highest BCUT2D eigenvalue weighted by Crippen LogP contribution is 2.13. The second-order valence-corrected chi connectivity index (χ2v) is 4.14. The normalized spacial score (nSPS) is 21.5. The third-order valence-electron chi connectivity index (χ3n) is 3.01. The largest absolute Gasteiger partial charge is 0.338 e. The Balaban J connectivity index is 1.94. The molecule has 1 atom stereocenters. The molecular formula is C11H17N3O. The van der Waals surface area contributed by atoms with Crippen LogP contribution in [0.25, 0.3) is 0 Å². The summed E-state index contributed by atoms with van der Waals surface area (Å²) in [6.45, 7) is 1.88. The highest BCUT2D eigenvalue weighted by Gasteiger charge is 2.21. The Labute approximate surface area is 89.7 Å². The van der Waals surface area contributed by atoms with Crippen molar-refractivity contribution in [2.75, 3.05) is 13.1 Å². The molecule has 1 aromatic rings. The summed E-state index contributed by atoms with van der Waals surface area (Å²) in [5.74, 6) is 1.37. The van der Waals surface area contributed by atoms with Gasteiger partial charge < -0.3 is 9.88 Å². The molecular weight excluding hydrogens is 190 g/mol. The second kappa shape index (κ2) is 4.57. The fraction of sp³-hybridized carbons (Fsp3) is 0.636. The Hall–Kier alpha value is -1.16. The molecule has 1 N–H and O–H groups in total. The highest BCUT2D eigenvalue weighted by molar-refractivity contribution is 5.82. The van der Waals surface area contributed by atoms with Crippen LogP contribution >= 0.6 is 0 Å². The predicted octanol–water partition coefficient (Wildman–Crippen LogP) is 0.531. The highest BCUT2D eigenvalue weighted by atomic mass is 16.1. The number of hydrogen-bond acceptors (Lipinski definition) is 3. The van der Waals surface area contributed by atoms with Gasteiger partial charge in [-0.05, 0) is 19.4 Å². The zero-order chi connectivity index (χ0) is 10.7. The maximum absolute atomic E-state index is 11.9. The van der Waals surface area contributed by atoms with Crippen LogP contribution < -0.4 is 5.32 Å². The van der Waals surface area contributed by atoms with E-state index in [0.29, 0.717) is 12.2 Å². The Morgan fingerprint density at radius 2 is 2.60 bits per heavy atom. The van der Waals surface area contributed by atoms with Crippen LogP contribution in [-0.2, 0) is 18.3 Å². The Kier molecular flexibility index (Phi) is 3.16. The van der Waals surface area contributed by atoms with E-state index in [1.165, 1.54) is 0 Å². The van der Waals surface area contributed by atoms with Crippen molar-refractivity contribution in [3.8, 4) is 0 Å². The molecule has 82 valence electrons. The van der Waals surface area contributed by atoms with Crippen molar-refractivity contribution in [1.82, 2.24) is 14.9 Å². The van der Waals surface area contributed by atoms with E-state index >= 15 is 0 Å². The molecule has 1 aliphatic heterocycles. The molecule has 1 fully saturated rings. The van der Waals surface area contributed by atoms with Crippen LogP contribution in [0.4, 0.5) is 0 Å². The summed E-state index contributed by atoms with van der Waals surface area (Å²) < 4.78 is 1.91. The van der Waals surface area contributed by atoms with Crippen LogP contribution in [0.5, 0.6) is 0 Å². The lowest BCUT2D eigenvalue weighted by Crippen LogP contribution is -2.35. The van der Waals surface area contributed by atoms with Gasteiger partial charge in [0.05, 0.1) is 6.42 Å². The summed E-state index contributed by atoms with van der Waals surface area (Å²) in [5, 5.41) is 3.26. The molecule has 0 aromatic carbocycles. The van der Waals surface area contributed by atoms with Crippen molar-refractivity contribution in [3.63, 3.8) is 0 Å². The van der Waals surface area contributed by atoms with Gasteiger partial charge in [-0.1, -0.05) is 0 Å². The standard InChI is InChI=1S/C11H17N3O/c1-14-6-5-13-11(14)7-10(15)9-3-2-4-12-8-9/h5-6,9,12H,2-4,7-8H2,1H3. The van der Waals surface area contributed by atoms with E-state index in [0.717, 1.165) is 31.8 Å². The molecule has 0 bridgehead atoms. The lowest BCUT2D eigenvalue weighted by Gasteiger charge is -2.21. The van der Waals surface area contributed by atoms with Gasteiger partial charge in [0.2, 0.25) is 0 Å². The van der Waals surface area contributed by atoms with Crippen molar-refractivity contribution in [2.45, 2.75) is 19.3 Å². The van der Waals surface area contributed by atoms with E-state index < -0.39 is 0 Å². The number of aryl methyl sites for hydroxylation is 1. The number of aromatic nitrogens is 2. The molecule has 1 unspecified atom stereocenters. The average Bonchev–Trinajstić information content (AvgIpc) is 2.66. The average molecular weight is 207 g/mol. The molecule has 1 aromatic heterocycles. The third kappa shape index (κ3) is 2.45. The molecule has 15 heavy (non-hydrogen) atoms. The summed E-state index contributed by atoms with van der Waals surface area (Å²) in [5.41, 5.74) is 0. The Bertz CT molecular complexity index is 339. The van der Waals surface area contributed by atoms with Crippen molar-refractivity contribution in [3.05, 3.63) is 18.2 Å². The third-order valence-corrected chi connectivity index (χ3v) is 3.01. The van der Waals surface area contributed by atoms with E-state index in [1.807, 2.05) is 17.8 Å². The van der Waals surface area contributed by atoms with Crippen molar-refractivity contribution >= 4 is 5.78 Å². The van der Waals surface area contributed by atoms with E-state index in [4.69, 9.17) is 0 Å². The molecule has 0 saturated carbocycles. The molecule has 0 radical (unpaired) electrons. The Morgan fingerprint density at radius 3 is 3.20 bits per heavy atom. The van der Waals surface area contributed by atoms with Crippen LogP contribution in [0, 0.1) is 5.92 Å². The van der Waals surface area contributed by atoms with Gasteiger partial charge in [0.15, 0.2) is 0 Å². The van der Waals surface area contributed by atoms with Gasteiger partial charge in [0, 0.05) is 31.9 Å². The first-order valence-electron chi connectivity index (χ1n) is 5.47. The van der Waals surface area contributed by atoms with E-state index in [1.54, 1.807) is 6.20 Å². The first-order chi connectivity index (χ1) is 7.27. The van der Waals surface area contributed by atoms with Crippen molar-refractivity contribution < 1.29 is 4.79 Å². The number of carbonyl (C=O) groups excluding carboxylic acids is 1. The first kappa shape index (κ1) is 10.4. The topological polar surface area (TPSA) is 46.9 Å². The van der Waals surface area contributed by atoms with E-state index in [-0.39, 0.29) is 5.92 Å². The number of Topliss-reactive ketones (excluding diaryl/α,β-unsaturated/α-hetero) is 1. The predicted molar refractivity (Wildman–Crippen MR) is 57.5 cm³/mol. The number of nitrogens with one attached hydrogen (secondary N) is 1. The molecule has 0 spiro atoms. The molecule has 1 saturated heterocycles. The maximum Gasteiger partial charge on any atom is 0.144 e. The fourth-order valence-electron chi connectivity index (χ4n) is 1.99. The van der Waals surface area contributed by atoms with Gasteiger partial charge >= 0.3 is 0 Å². The van der Waals surface area contributed by atoms with Gasteiger partial charge in [-0.25, -0.2) is 4.98 Å². The summed E-state index contributed by atoms with van der Waals surface area (Å²) in [6, 6.07) is 0. The number of rotatable bonds is 3. The Morgan fingerprint density at radius 1 is 1.73 bits per heavy atom. The number of piperidine rings is 1. The van der Waals surface area contributed by atoms with Crippen LogP contribution in [0.15, 0.2) is 12.4 Å². The zero-order valence-corrected chi connectivity index (χ0v) is 9.07. The van der Waals surface area contributed by atoms with Crippen LogP contribution in [0.3, 0.4) is 0 Å². The SMILES string of the molecule is Cn1ccnc1CC(=O)C1CCCNC1. The van der Waals surface area contributed by atoms with Crippen LogP contribution in [0.2, 0.25) is 0 Å². The maximum atomic E-state index is 11.9. The van der Waals surface area contributed by atoms with Crippen molar-refractivity contribution in [2.24, 2.45) is 13.0 Å². The molecule has 1 aliphatic rings. The zero-order valence-electron chi connectivity index (χ0n) is 9.07. The summed E-state index contributed by atoms with van der Waals surface area (Å²) in [7, 11) is 1.93. The molecule has 2 rings (SSSR count). The molecule has 4 nitrogen and oxygen atoms in total. The number of carbonyl (C=O) groups is 1. The number of ketones is 1. The fourth-order valence-corrected chi connectivity index (χ4v) is 1.99. The first-order valence-corrected chi connectivity index (χ1v) is 5.47. The smallest absolute Gasteiger partial charge is 0.144 e. The minimum Gasteiger partial charge on any atom is -0.338 e. The van der Waals surface area contributed by atoms with Crippen LogP contribution in [0.1, 0.15) is 18.7 Å². The summed E-state index contributed by atoms with van der Waals surface area (Å²) in [4.78, 5) is 16.1. The molecule has 4 heteroatoms. The number of hydrogen-bond donors (Lipinski definition) is 1. The summed E-state index contributed by atoms with van der Waals surface area (Å²) >= 11 is 0. The van der Waals surface area contributed by atoms with Gasteiger partial charge in [0.25, 0.3) is 0 Å². The van der Waals surface area contributed by atoms with Crippen molar-refractivity contribution in [1.29, 1.82) is 0 Å². The molecule has 2 heterocycles. The minimum atomic E-state index is 0.190. The quantitative estimate of drug-likeness (QED) is 0.786. The van der Waals surface area contributed by atoms with E-state index in [9.17, 15) is 4.79 Å². The summed E-state index contributed by atoms with van der Waals surface area (Å²) in [6.07, 6.45) is 6.21. The lowest BCUT2D eigenvalue weighted by molar-refractivity contribution is -0.122. The van der Waals surface area contributed by atoms with Gasteiger partial charge in [-0.3, -0.25) is 4.79 Å². The minimum absolute atomic E-state index is 0.190. The van der Waals surface area contributed by atoms with Gasteiger partial charge in [-0.15, -0.1) is 0 Å². The second-order valence-electron chi connectivity index (χ2n) is 4.14. The number of imidazole rings is 1. The van der Waals surface area contributed by atoms with E-state index in [2.05, 4.69) is 10.3 Å². The van der Waals surface area contributed by atoms with Crippen LogP contribution in [-0.4, -0.2) is 28.4 Å². The van der Waals surface area contributed by atoms with Gasteiger partial charge in [0.1, 0.15) is 11.6 Å². The molecule has 0 aliphatic carbocycles. The lowest BCUT2D eigenvalue weighted by atomic mass is 9.93. The monoisotopic (exact) mass is 207 g/mol. The van der Waals surface area contributed by atoms with Gasteiger partial charge in [-0.2, -0.15) is 0 Å². The molecule has 0 amide bonds. The number of nitrogens with zero attached hydrogens (tertiary/aromatic N) is 2.